The fourth-order valence-electron chi connectivity index (χ4n) is 1.09. The summed E-state index contributed by atoms with van der Waals surface area (Å²) in [5.41, 5.74) is -0.0413. The first-order valence-electron chi connectivity index (χ1n) is 3.71. The molecule has 0 amide bonds. The molecule has 2 aliphatic rings. The number of rotatable bonds is 0. The van der Waals surface area contributed by atoms with Gasteiger partial charge in [-0.3, -0.25) is 0 Å². The van der Waals surface area contributed by atoms with Gasteiger partial charge in [0, 0.05) is 13.2 Å². The van der Waals surface area contributed by atoms with Crippen LogP contribution in [-0.2, 0) is 14.2 Å². The molecule has 0 aromatic heterocycles. The van der Waals surface area contributed by atoms with Crippen LogP contribution in [-0.4, -0.2) is 38.6 Å². The van der Waals surface area contributed by atoms with E-state index >= 15 is 0 Å². The maximum Gasteiger partial charge on any atom is 0.138 e. The largest absolute Gasteiger partial charge is 0.378 e. The molecule has 0 aromatic rings. The summed E-state index contributed by atoms with van der Waals surface area (Å²) in [7, 11) is 0. The molecule has 3 nitrogen and oxygen atoms in total. The van der Waals surface area contributed by atoms with Crippen LogP contribution in [0.2, 0.25) is 0 Å². The highest BCUT2D eigenvalue weighted by molar-refractivity contribution is 4.92. The molecule has 2 heterocycles. The van der Waals surface area contributed by atoms with Crippen molar-refractivity contribution in [1.29, 1.82) is 0 Å². The molecule has 2 fully saturated rings. The third kappa shape index (κ3) is 1.31. The molecule has 0 unspecified atom stereocenters. The summed E-state index contributed by atoms with van der Waals surface area (Å²) in [6.45, 7) is 3.86. The van der Waals surface area contributed by atoms with Gasteiger partial charge in [0.05, 0.1) is 19.8 Å². The highest BCUT2D eigenvalue weighted by atomic mass is 16.6. The lowest BCUT2D eigenvalue weighted by Crippen LogP contribution is -2.29. The molecular weight excluding hydrogens is 132 g/mol. The van der Waals surface area contributed by atoms with E-state index in [1.54, 1.807) is 0 Å². The maximum atomic E-state index is 5.35. The van der Waals surface area contributed by atoms with Crippen molar-refractivity contribution < 1.29 is 14.2 Å². The smallest absolute Gasteiger partial charge is 0.138 e. The van der Waals surface area contributed by atoms with Crippen LogP contribution in [0.25, 0.3) is 0 Å². The van der Waals surface area contributed by atoms with Crippen molar-refractivity contribution in [1.82, 2.24) is 0 Å². The molecule has 0 atom stereocenters. The zero-order chi connectivity index (χ0) is 6.86. The molecular formula is C7H12O3. The van der Waals surface area contributed by atoms with Gasteiger partial charge in [-0.2, -0.15) is 0 Å². The second-order valence-corrected chi connectivity index (χ2v) is 2.93. The molecule has 2 saturated heterocycles. The Bertz CT molecular complexity index is 110. The van der Waals surface area contributed by atoms with Crippen LogP contribution in [0.15, 0.2) is 0 Å². The van der Waals surface area contributed by atoms with E-state index < -0.39 is 0 Å². The van der Waals surface area contributed by atoms with Crippen molar-refractivity contribution in [3.8, 4) is 0 Å². The lowest BCUT2D eigenvalue weighted by molar-refractivity contribution is -0.0157. The third-order valence-electron chi connectivity index (χ3n) is 1.86. The number of ether oxygens (including phenoxy) is 3. The van der Waals surface area contributed by atoms with E-state index in [0.29, 0.717) is 13.2 Å². The number of epoxide rings is 1. The molecule has 1 spiro atoms. The van der Waals surface area contributed by atoms with Crippen LogP contribution in [0, 0.1) is 0 Å². The van der Waals surface area contributed by atoms with Gasteiger partial charge >= 0.3 is 0 Å². The van der Waals surface area contributed by atoms with E-state index in [2.05, 4.69) is 0 Å². The summed E-state index contributed by atoms with van der Waals surface area (Å²) in [5.74, 6) is 0. The maximum absolute atomic E-state index is 5.35. The lowest BCUT2D eigenvalue weighted by Gasteiger charge is -2.16. The van der Waals surface area contributed by atoms with Crippen LogP contribution >= 0.6 is 0 Å². The highest BCUT2D eigenvalue weighted by Gasteiger charge is 2.45. The second-order valence-electron chi connectivity index (χ2n) is 2.93. The van der Waals surface area contributed by atoms with Crippen LogP contribution in [0.4, 0.5) is 0 Å². The Morgan fingerprint density at radius 3 is 2.00 bits per heavy atom. The zero-order valence-corrected chi connectivity index (χ0v) is 5.97. The van der Waals surface area contributed by atoms with Gasteiger partial charge in [0.15, 0.2) is 0 Å². The Labute approximate surface area is 60.3 Å². The van der Waals surface area contributed by atoms with Gasteiger partial charge in [0.2, 0.25) is 0 Å². The predicted octanol–water partition coefficient (Wildman–Crippen LogP) is 0.192. The van der Waals surface area contributed by atoms with Crippen molar-refractivity contribution in [2.24, 2.45) is 0 Å². The number of hydrogen-bond acceptors (Lipinski definition) is 3. The SMILES string of the molecule is C1COCC2(COC1)CO2. The summed E-state index contributed by atoms with van der Waals surface area (Å²) in [5, 5.41) is 0. The van der Waals surface area contributed by atoms with Crippen LogP contribution in [0.3, 0.4) is 0 Å². The molecule has 3 heteroatoms. The van der Waals surface area contributed by atoms with Crippen molar-refractivity contribution >= 4 is 0 Å². The average Bonchev–Trinajstić information content (AvgIpc) is 2.61. The Morgan fingerprint density at radius 2 is 1.50 bits per heavy atom. The molecule has 0 N–H and O–H groups in total. The van der Waals surface area contributed by atoms with Gasteiger partial charge in [-0.15, -0.1) is 0 Å². The molecule has 0 radical (unpaired) electrons. The molecule has 10 heavy (non-hydrogen) atoms. The van der Waals surface area contributed by atoms with Crippen LogP contribution in [0.1, 0.15) is 6.42 Å². The monoisotopic (exact) mass is 144 g/mol. The van der Waals surface area contributed by atoms with Crippen LogP contribution < -0.4 is 0 Å². The first kappa shape index (κ1) is 6.58. The Morgan fingerprint density at radius 1 is 0.900 bits per heavy atom. The van der Waals surface area contributed by atoms with Gasteiger partial charge in [0.1, 0.15) is 5.60 Å². The van der Waals surface area contributed by atoms with Gasteiger partial charge in [-0.05, 0) is 6.42 Å². The van der Waals surface area contributed by atoms with E-state index in [0.717, 1.165) is 26.2 Å². The minimum atomic E-state index is -0.0413. The van der Waals surface area contributed by atoms with Gasteiger partial charge in [0.25, 0.3) is 0 Å². The second kappa shape index (κ2) is 2.49. The van der Waals surface area contributed by atoms with Crippen molar-refractivity contribution in [2.45, 2.75) is 12.0 Å². The standard InChI is InChI=1S/C7H12O3/c1-2-8-4-7(6-10-7)5-9-3-1/h1-6H2. The Balaban J connectivity index is 1.84. The average molecular weight is 144 g/mol. The summed E-state index contributed by atoms with van der Waals surface area (Å²) in [6.07, 6.45) is 1.01. The van der Waals surface area contributed by atoms with E-state index in [1.807, 2.05) is 0 Å². The van der Waals surface area contributed by atoms with E-state index in [4.69, 9.17) is 14.2 Å². The van der Waals surface area contributed by atoms with Crippen molar-refractivity contribution in [3.63, 3.8) is 0 Å². The highest BCUT2D eigenvalue weighted by Crippen LogP contribution is 2.28. The molecule has 2 aliphatic heterocycles. The van der Waals surface area contributed by atoms with Gasteiger partial charge in [-0.1, -0.05) is 0 Å². The van der Waals surface area contributed by atoms with Crippen LogP contribution in [0.5, 0.6) is 0 Å². The zero-order valence-electron chi connectivity index (χ0n) is 5.97. The first-order chi connectivity index (χ1) is 4.91. The van der Waals surface area contributed by atoms with E-state index in [1.165, 1.54) is 0 Å². The van der Waals surface area contributed by atoms with E-state index in [-0.39, 0.29) is 5.60 Å². The quantitative estimate of drug-likeness (QED) is 0.455. The van der Waals surface area contributed by atoms with Gasteiger partial charge < -0.3 is 14.2 Å². The predicted molar refractivity (Wildman–Crippen MR) is 34.9 cm³/mol. The Kier molecular flexibility index (Phi) is 1.64. The summed E-state index contributed by atoms with van der Waals surface area (Å²) >= 11 is 0. The molecule has 0 bridgehead atoms. The number of hydrogen-bond donors (Lipinski definition) is 0. The van der Waals surface area contributed by atoms with Crippen molar-refractivity contribution in [2.75, 3.05) is 33.0 Å². The topological polar surface area (TPSA) is 31.0 Å². The summed E-state index contributed by atoms with van der Waals surface area (Å²) < 4.78 is 15.9. The molecule has 58 valence electrons. The van der Waals surface area contributed by atoms with Crippen molar-refractivity contribution in [3.05, 3.63) is 0 Å². The third-order valence-corrected chi connectivity index (χ3v) is 1.86. The first-order valence-corrected chi connectivity index (χ1v) is 3.71. The Hall–Kier alpha value is -0.120. The summed E-state index contributed by atoms with van der Waals surface area (Å²) in [6, 6.07) is 0. The normalized spacial score (nSPS) is 31.2. The van der Waals surface area contributed by atoms with E-state index in [9.17, 15) is 0 Å². The molecule has 0 saturated carbocycles. The lowest BCUT2D eigenvalue weighted by atomic mass is 10.2. The minimum Gasteiger partial charge on any atom is -0.378 e. The fourth-order valence-corrected chi connectivity index (χ4v) is 1.09. The minimum absolute atomic E-state index is 0.0413. The molecule has 0 aromatic carbocycles. The molecule has 0 aliphatic carbocycles. The summed E-state index contributed by atoms with van der Waals surface area (Å²) in [4.78, 5) is 0. The molecule has 2 rings (SSSR count). The van der Waals surface area contributed by atoms with Gasteiger partial charge in [-0.25, -0.2) is 0 Å². The fraction of sp³-hybridized carbons (Fsp3) is 1.00.